The molecule has 4 aromatic rings. The van der Waals surface area contributed by atoms with Gasteiger partial charge < -0.3 is 4.90 Å². The van der Waals surface area contributed by atoms with E-state index >= 15 is 0 Å². The number of thiophene rings is 1. The van der Waals surface area contributed by atoms with E-state index in [1.165, 1.54) is 45.9 Å². The Balaban J connectivity index is 1.94. The standard InChI is InChI=1S/C26H25NS/c1-2-3-12-21-13-10-18-24(26(21)25-19-11-20-28-25)27(22-14-6-4-7-15-22)23-16-8-5-9-17-23/h4-11,13-20H,2-3,12H2,1H3. The fourth-order valence-electron chi connectivity index (χ4n) is 3.64. The molecule has 0 aliphatic rings. The van der Waals surface area contributed by atoms with Crippen LogP contribution in [0.25, 0.3) is 10.4 Å². The predicted octanol–water partition coefficient (Wildman–Crippen LogP) is 8.23. The Bertz CT molecular complexity index is 952. The summed E-state index contributed by atoms with van der Waals surface area (Å²) in [7, 11) is 0. The Morgan fingerprint density at radius 2 is 1.39 bits per heavy atom. The summed E-state index contributed by atoms with van der Waals surface area (Å²) in [6.45, 7) is 2.26. The lowest BCUT2D eigenvalue weighted by Gasteiger charge is -2.28. The smallest absolute Gasteiger partial charge is 0.0550 e. The molecule has 0 N–H and O–H groups in total. The first-order valence-corrected chi connectivity index (χ1v) is 10.8. The van der Waals surface area contributed by atoms with Crippen molar-refractivity contribution < 1.29 is 0 Å². The van der Waals surface area contributed by atoms with E-state index < -0.39 is 0 Å². The summed E-state index contributed by atoms with van der Waals surface area (Å²) in [4.78, 5) is 3.71. The molecule has 0 unspecified atom stereocenters. The topological polar surface area (TPSA) is 3.24 Å². The van der Waals surface area contributed by atoms with Gasteiger partial charge in [0.05, 0.1) is 5.69 Å². The first kappa shape index (κ1) is 18.5. The minimum atomic E-state index is 1.11. The van der Waals surface area contributed by atoms with Gasteiger partial charge in [-0.15, -0.1) is 11.3 Å². The molecule has 0 radical (unpaired) electrons. The zero-order valence-corrected chi connectivity index (χ0v) is 17.0. The molecule has 0 spiro atoms. The Labute approximate surface area is 171 Å². The lowest BCUT2D eigenvalue weighted by Crippen LogP contribution is -2.11. The molecule has 0 fully saturated rings. The maximum Gasteiger partial charge on any atom is 0.0550 e. The van der Waals surface area contributed by atoms with Crippen molar-refractivity contribution in [1.82, 2.24) is 0 Å². The molecule has 0 atom stereocenters. The molecule has 0 amide bonds. The minimum Gasteiger partial charge on any atom is -0.310 e. The monoisotopic (exact) mass is 383 g/mol. The van der Waals surface area contributed by atoms with E-state index in [0.717, 1.165) is 6.42 Å². The molecule has 0 saturated heterocycles. The van der Waals surface area contributed by atoms with E-state index in [1.54, 1.807) is 0 Å². The Morgan fingerprint density at radius 3 is 1.96 bits per heavy atom. The van der Waals surface area contributed by atoms with Crippen LogP contribution in [0.15, 0.2) is 96.4 Å². The summed E-state index contributed by atoms with van der Waals surface area (Å²) in [6.07, 6.45) is 3.52. The first-order chi connectivity index (χ1) is 13.9. The maximum atomic E-state index is 2.38. The first-order valence-electron chi connectivity index (χ1n) is 9.94. The second kappa shape index (κ2) is 8.90. The zero-order chi connectivity index (χ0) is 19.2. The number of rotatable bonds is 7. The fourth-order valence-corrected chi connectivity index (χ4v) is 4.45. The van der Waals surface area contributed by atoms with Gasteiger partial charge in [0.1, 0.15) is 0 Å². The average Bonchev–Trinajstić information content (AvgIpc) is 3.28. The summed E-state index contributed by atoms with van der Waals surface area (Å²) in [6, 6.07) is 32.5. The molecule has 28 heavy (non-hydrogen) atoms. The largest absolute Gasteiger partial charge is 0.310 e. The van der Waals surface area contributed by atoms with Gasteiger partial charge in [-0.25, -0.2) is 0 Å². The zero-order valence-electron chi connectivity index (χ0n) is 16.2. The van der Waals surface area contributed by atoms with Crippen LogP contribution < -0.4 is 4.90 Å². The SMILES string of the molecule is CCCCc1cccc(N(c2ccccc2)c2ccccc2)c1-c1cccs1. The lowest BCUT2D eigenvalue weighted by atomic mass is 9.97. The molecule has 0 aliphatic carbocycles. The highest BCUT2D eigenvalue weighted by molar-refractivity contribution is 7.13. The van der Waals surface area contributed by atoms with Crippen molar-refractivity contribution in [3.63, 3.8) is 0 Å². The number of anilines is 3. The van der Waals surface area contributed by atoms with Gasteiger partial charge in [0.15, 0.2) is 0 Å². The highest BCUT2D eigenvalue weighted by atomic mass is 32.1. The molecule has 1 heterocycles. The molecule has 0 aliphatic heterocycles. The van der Waals surface area contributed by atoms with Crippen LogP contribution in [0.4, 0.5) is 17.1 Å². The van der Waals surface area contributed by atoms with Crippen LogP contribution in [0, 0.1) is 0 Å². The number of hydrogen-bond donors (Lipinski definition) is 0. The summed E-state index contributed by atoms with van der Waals surface area (Å²) in [5.41, 5.74) is 6.39. The molecule has 3 aromatic carbocycles. The molecule has 0 saturated carbocycles. The normalized spacial score (nSPS) is 10.8. The second-order valence-electron chi connectivity index (χ2n) is 6.90. The average molecular weight is 384 g/mol. The van der Waals surface area contributed by atoms with E-state index in [-0.39, 0.29) is 0 Å². The van der Waals surface area contributed by atoms with Crippen LogP contribution >= 0.6 is 11.3 Å². The molecule has 4 rings (SSSR count). The molecule has 1 aromatic heterocycles. The van der Waals surface area contributed by atoms with Gasteiger partial charge >= 0.3 is 0 Å². The van der Waals surface area contributed by atoms with Gasteiger partial charge in [-0.05, 0) is 60.2 Å². The van der Waals surface area contributed by atoms with Crippen molar-refractivity contribution in [3.05, 3.63) is 102 Å². The fraction of sp³-hybridized carbons (Fsp3) is 0.154. The van der Waals surface area contributed by atoms with Gasteiger partial charge in [-0.3, -0.25) is 0 Å². The van der Waals surface area contributed by atoms with Crippen LogP contribution in [-0.4, -0.2) is 0 Å². The minimum absolute atomic E-state index is 1.11. The second-order valence-corrected chi connectivity index (χ2v) is 7.85. The third-order valence-electron chi connectivity index (χ3n) is 4.97. The van der Waals surface area contributed by atoms with Crippen LogP contribution in [0.2, 0.25) is 0 Å². The maximum absolute atomic E-state index is 2.38. The number of nitrogens with zero attached hydrogens (tertiary/aromatic N) is 1. The molecule has 1 nitrogen and oxygen atoms in total. The molecule has 2 heteroatoms. The van der Waals surface area contributed by atoms with E-state index in [9.17, 15) is 0 Å². The molecule has 140 valence electrons. The summed E-state index contributed by atoms with van der Waals surface area (Å²) < 4.78 is 0. The highest BCUT2D eigenvalue weighted by Crippen LogP contribution is 2.43. The van der Waals surface area contributed by atoms with Crippen molar-refractivity contribution in [2.24, 2.45) is 0 Å². The van der Waals surface area contributed by atoms with E-state index in [2.05, 4.69) is 108 Å². The van der Waals surface area contributed by atoms with Gasteiger partial charge in [-0.1, -0.05) is 67.9 Å². The van der Waals surface area contributed by atoms with Crippen molar-refractivity contribution in [2.45, 2.75) is 26.2 Å². The van der Waals surface area contributed by atoms with E-state index in [4.69, 9.17) is 0 Å². The Kier molecular flexibility index (Phi) is 5.89. The molecule has 0 bridgehead atoms. The van der Waals surface area contributed by atoms with Crippen molar-refractivity contribution in [3.8, 4) is 10.4 Å². The van der Waals surface area contributed by atoms with E-state index in [1.807, 2.05) is 11.3 Å². The van der Waals surface area contributed by atoms with Crippen LogP contribution in [0.5, 0.6) is 0 Å². The van der Waals surface area contributed by atoms with Crippen LogP contribution in [-0.2, 0) is 6.42 Å². The van der Waals surface area contributed by atoms with Crippen LogP contribution in [0.3, 0.4) is 0 Å². The third-order valence-corrected chi connectivity index (χ3v) is 5.85. The number of aryl methyl sites for hydroxylation is 1. The number of para-hydroxylation sites is 2. The number of benzene rings is 3. The lowest BCUT2D eigenvalue weighted by molar-refractivity contribution is 0.796. The van der Waals surface area contributed by atoms with E-state index in [0.29, 0.717) is 0 Å². The third kappa shape index (κ3) is 3.88. The summed E-state index contributed by atoms with van der Waals surface area (Å²) >= 11 is 1.82. The summed E-state index contributed by atoms with van der Waals surface area (Å²) in [5, 5.41) is 2.17. The van der Waals surface area contributed by atoms with Gasteiger partial charge in [0, 0.05) is 21.8 Å². The van der Waals surface area contributed by atoms with Crippen molar-refractivity contribution in [2.75, 3.05) is 4.90 Å². The van der Waals surface area contributed by atoms with Crippen LogP contribution in [0.1, 0.15) is 25.3 Å². The van der Waals surface area contributed by atoms with Gasteiger partial charge in [-0.2, -0.15) is 0 Å². The Hall–Kier alpha value is -2.84. The van der Waals surface area contributed by atoms with Gasteiger partial charge in [0.25, 0.3) is 0 Å². The summed E-state index contributed by atoms with van der Waals surface area (Å²) in [5.74, 6) is 0. The number of hydrogen-bond acceptors (Lipinski definition) is 2. The quantitative estimate of drug-likeness (QED) is 0.311. The Morgan fingerprint density at radius 1 is 0.714 bits per heavy atom. The van der Waals surface area contributed by atoms with Gasteiger partial charge in [0.2, 0.25) is 0 Å². The molecular weight excluding hydrogens is 358 g/mol. The molecular formula is C26H25NS. The van der Waals surface area contributed by atoms with Crippen molar-refractivity contribution in [1.29, 1.82) is 0 Å². The van der Waals surface area contributed by atoms with Crippen molar-refractivity contribution >= 4 is 28.4 Å². The number of unbranched alkanes of at least 4 members (excludes halogenated alkanes) is 1. The highest BCUT2D eigenvalue weighted by Gasteiger charge is 2.19. The predicted molar refractivity (Wildman–Crippen MR) is 123 cm³/mol.